The topological polar surface area (TPSA) is 50.9 Å². The fraction of sp³-hybridized carbons (Fsp3) is 0.267. The number of anilines is 3. The second-order valence-electron chi connectivity index (χ2n) is 4.36. The number of aryl methyl sites for hydroxylation is 1. The van der Waals surface area contributed by atoms with Gasteiger partial charge in [-0.3, -0.25) is 0 Å². The van der Waals surface area contributed by atoms with E-state index in [1.54, 1.807) is 6.20 Å². The quantitative estimate of drug-likeness (QED) is 0.838. The maximum Gasteiger partial charge on any atom is 0.147 e. The summed E-state index contributed by atoms with van der Waals surface area (Å²) in [6.45, 7) is 2.21. The molecule has 3 nitrogen and oxygen atoms in total. The van der Waals surface area contributed by atoms with E-state index in [9.17, 15) is 0 Å². The fourth-order valence-corrected chi connectivity index (χ4v) is 1.81. The molecule has 0 atom stereocenters. The van der Waals surface area contributed by atoms with Crippen LogP contribution in [0, 0.1) is 0 Å². The van der Waals surface area contributed by atoms with E-state index >= 15 is 0 Å². The van der Waals surface area contributed by atoms with Crippen LogP contribution in [0.2, 0.25) is 0 Å². The predicted molar refractivity (Wildman–Crippen MR) is 77.0 cm³/mol. The van der Waals surface area contributed by atoms with Crippen molar-refractivity contribution in [3.05, 3.63) is 48.2 Å². The van der Waals surface area contributed by atoms with Gasteiger partial charge in [-0.25, -0.2) is 4.98 Å². The third-order valence-corrected chi connectivity index (χ3v) is 2.89. The molecule has 0 amide bonds. The van der Waals surface area contributed by atoms with E-state index in [0.29, 0.717) is 5.82 Å². The molecule has 0 saturated heterocycles. The normalized spacial score (nSPS) is 10.3. The Kier molecular flexibility index (Phi) is 4.18. The molecular weight excluding hydrogens is 222 g/mol. The smallest absolute Gasteiger partial charge is 0.147 e. The first-order valence-electron chi connectivity index (χ1n) is 6.36. The summed E-state index contributed by atoms with van der Waals surface area (Å²) in [6, 6.07) is 12.3. The van der Waals surface area contributed by atoms with Gasteiger partial charge in [0.15, 0.2) is 0 Å². The van der Waals surface area contributed by atoms with E-state index in [1.807, 2.05) is 12.1 Å². The molecule has 2 aromatic rings. The van der Waals surface area contributed by atoms with Gasteiger partial charge < -0.3 is 11.1 Å². The Bertz CT molecular complexity index is 491. The standard InChI is InChI=1S/C15H19N3/c1-2-3-5-12-7-9-13(10-8-12)18-14-6-4-11-17-15(14)16/h4,6-11,18H,2-3,5H2,1H3,(H2,16,17). The lowest BCUT2D eigenvalue weighted by Gasteiger charge is -2.09. The van der Waals surface area contributed by atoms with Gasteiger partial charge in [0.1, 0.15) is 5.82 Å². The molecule has 2 rings (SSSR count). The molecule has 1 heterocycles. The summed E-state index contributed by atoms with van der Waals surface area (Å²) in [5, 5.41) is 3.27. The van der Waals surface area contributed by atoms with Crippen LogP contribution in [0.1, 0.15) is 25.3 Å². The van der Waals surface area contributed by atoms with Crippen molar-refractivity contribution in [2.24, 2.45) is 0 Å². The average Bonchev–Trinajstić information content (AvgIpc) is 2.41. The van der Waals surface area contributed by atoms with Gasteiger partial charge in [0.05, 0.1) is 5.69 Å². The number of benzene rings is 1. The van der Waals surface area contributed by atoms with E-state index in [-0.39, 0.29) is 0 Å². The molecule has 94 valence electrons. The van der Waals surface area contributed by atoms with E-state index in [2.05, 4.69) is 41.5 Å². The number of rotatable bonds is 5. The van der Waals surface area contributed by atoms with Crippen molar-refractivity contribution in [2.45, 2.75) is 26.2 Å². The molecule has 0 aliphatic rings. The van der Waals surface area contributed by atoms with E-state index < -0.39 is 0 Å². The van der Waals surface area contributed by atoms with Crippen LogP contribution in [0.5, 0.6) is 0 Å². The summed E-state index contributed by atoms with van der Waals surface area (Å²) in [5.74, 6) is 0.521. The summed E-state index contributed by atoms with van der Waals surface area (Å²) in [7, 11) is 0. The molecule has 0 fully saturated rings. The van der Waals surface area contributed by atoms with Crippen molar-refractivity contribution in [3.63, 3.8) is 0 Å². The first kappa shape index (κ1) is 12.4. The Morgan fingerprint density at radius 3 is 2.61 bits per heavy atom. The highest BCUT2D eigenvalue weighted by atomic mass is 15.0. The van der Waals surface area contributed by atoms with Crippen LogP contribution < -0.4 is 11.1 Å². The van der Waals surface area contributed by atoms with Gasteiger partial charge in [-0.2, -0.15) is 0 Å². The zero-order valence-electron chi connectivity index (χ0n) is 10.7. The Morgan fingerprint density at radius 1 is 1.17 bits per heavy atom. The number of hydrogen-bond acceptors (Lipinski definition) is 3. The van der Waals surface area contributed by atoms with E-state index in [1.165, 1.54) is 18.4 Å². The summed E-state index contributed by atoms with van der Waals surface area (Å²) in [4.78, 5) is 4.05. The predicted octanol–water partition coefficient (Wildman–Crippen LogP) is 3.75. The van der Waals surface area contributed by atoms with Crippen LogP contribution in [0.25, 0.3) is 0 Å². The number of pyridine rings is 1. The van der Waals surface area contributed by atoms with Crippen LogP contribution in [-0.2, 0) is 6.42 Å². The maximum absolute atomic E-state index is 5.79. The molecule has 0 aliphatic carbocycles. The minimum Gasteiger partial charge on any atom is -0.382 e. The Morgan fingerprint density at radius 2 is 1.94 bits per heavy atom. The van der Waals surface area contributed by atoms with Crippen molar-refractivity contribution in [3.8, 4) is 0 Å². The third-order valence-electron chi connectivity index (χ3n) is 2.89. The van der Waals surface area contributed by atoms with Crippen molar-refractivity contribution in [1.29, 1.82) is 0 Å². The Balaban J connectivity index is 2.04. The summed E-state index contributed by atoms with van der Waals surface area (Å²) in [5.41, 5.74) is 9.05. The van der Waals surface area contributed by atoms with Gasteiger partial charge >= 0.3 is 0 Å². The number of nitrogens with zero attached hydrogens (tertiary/aromatic N) is 1. The second-order valence-corrected chi connectivity index (χ2v) is 4.36. The van der Waals surface area contributed by atoms with Gasteiger partial charge in [-0.15, -0.1) is 0 Å². The summed E-state index contributed by atoms with van der Waals surface area (Å²) >= 11 is 0. The van der Waals surface area contributed by atoms with Gasteiger partial charge in [0.25, 0.3) is 0 Å². The molecule has 3 heteroatoms. The zero-order chi connectivity index (χ0) is 12.8. The minimum atomic E-state index is 0.521. The van der Waals surface area contributed by atoms with E-state index in [0.717, 1.165) is 17.8 Å². The molecule has 18 heavy (non-hydrogen) atoms. The first-order chi connectivity index (χ1) is 8.79. The lowest BCUT2D eigenvalue weighted by atomic mass is 10.1. The van der Waals surface area contributed by atoms with E-state index in [4.69, 9.17) is 5.73 Å². The highest BCUT2D eigenvalue weighted by molar-refractivity contribution is 5.69. The zero-order valence-corrected chi connectivity index (χ0v) is 10.7. The Labute approximate surface area is 108 Å². The van der Waals surface area contributed by atoms with Crippen molar-refractivity contribution in [1.82, 2.24) is 4.98 Å². The summed E-state index contributed by atoms with van der Waals surface area (Å²) < 4.78 is 0. The highest BCUT2D eigenvalue weighted by Crippen LogP contribution is 2.21. The fourth-order valence-electron chi connectivity index (χ4n) is 1.81. The molecule has 3 N–H and O–H groups in total. The van der Waals surface area contributed by atoms with Crippen LogP contribution in [0.4, 0.5) is 17.2 Å². The number of nitrogens with one attached hydrogen (secondary N) is 1. The minimum absolute atomic E-state index is 0.521. The van der Waals surface area contributed by atoms with Gasteiger partial charge in [-0.1, -0.05) is 25.5 Å². The molecule has 0 radical (unpaired) electrons. The second kappa shape index (κ2) is 6.05. The first-order valence-corrected chi connectivity index (χ1v) is 6.36. The van der Waals surface area contributed by atoms with Crippen molar-refractivity contribution in [2.75, 3.05) is 11.1 Å². The molecule has 1 aromatic heterocycles. The largest absolute Gasteiger partial charge is 0.382 e. The highest BCUT2D eigenvalue weighted by Gasteiger charge is 1.99. The van der Waals surface area contributed by atoms with Gasteiger partial charge in [-0.05, 0) is 42.7 Å². The average molecular weight is 241 g/mol. The molecule has 0 bridgehead atoms. The number of unbranched alkanes of at least 4 members (excludes halogenated alkanes) is 1. The lowest BCUT2D eigenvalue weighted by molar-refractivity contribution is 0.795. The number of nitrogen functional groups attached to an aromatic ring is 1. The third kappa shape index (κ3) is 3.23. The number of hydrogen-bond donors (Lipinski definition) is 2. The number of nitrogens with two attached hydrogens (primary N) is 1. The van der Waals surface area contributed by atoms with Crippen LogP contribution >= 0.6 is 0 Å². The van der Waals surface area contributed by atoms with Crippen LogP contribution in [0.3, 0.4) is 0 Å². The molecule has 0 spiro atoms. The monoisotopic (exact) mass is 241 g/mol. The number of aromatic nitrogens is 1. The van der Waals surface area contributed by atoms with Crippen LogP contribution in [0.15, 0.2) is 42.6 Å². The lowest BCUT2D eigenvalue weighted by Crippen LogP contribution is -1.98. The maximum atomic E-state index is 5.79. The molecule has 1 aromatic carbocycles. The Hall–Kier alpha value is -2.03. The van der Waals surface area contributed by atoms with Crippen molar-refractivity contribution >= 4 is 17.2 Å². The van der Waals surface area contributed by atoms with Crippen LogP contribution in [-0.4, -0.2) is 4.98 Å². The molecular formula is C15H19N3. The summed E-state index contributed by atoms with van der Waals surface area (Å²) in [6.07, 6.45) is 5.30. The molecule has 0 saturated carbocycles. The molecule has 0 unspecified atom stereocenters. The van der Waals surface area contributed by atoms with Gasteiger partial charge in [0.2, 0.25) is 0 Å². The SMILES string of the molecule is CCCCc1ccc(Nc2cccnc2N)cc1. The van der Waals surface area contributed by atoms with Crippen molar-refractivity contribution < 1.29 is 0 Å². The molecule has 0 aliphatic heterocycles. The van der Waals surface area contributed by atoms with Gasteiger partial charge in [0, 0.05) is 11.9 Å².